The summed E-state index contributed by atoms with van der Waals surface area (Å²) >= 11 is 3.64. The summed E-state index contributed by atoms with van der Waals surface area (Å²) in [5.41, 5.74) is 16.0. The summed E-state index contributed by atoms with van der Waals surface area (Å²) in [5.74, 6) is 1.84. The van der Waals surface area contributed by atoms with E-state index in [9.17, 15) is 0 Å². The first-order chi connectivity index (χ1) is 34.7. The fraction of sp³-hybridized carbons (Fsp3) is 0.0156. The van der Waals surface area contributed by atoms with Crippen molar-refractivity contribution in [2.75, 3.05) is 0 Å². The van der Waals surface area contributed by atoms with Crippen LogP contribution in [0, 0.1) is 0 Å². The van der Waals surface area contributed by atoms with Crippen LogP contribution in [-0.4, -0.2) is 19.5 Å². The zero-order valence-corrected chi connectivity index (χ0v) is 39.0. The molecule has 324 valence electrons. The summed E-state index contributed by atoms with van der Waals surface area (Å²) in [7, 11) is 0. The van der Waals surface area contributed by atoms with Gasteiger partial charge in [0.25, 0.3) is 0 Å². The van der Waals surface area contributed by atoms with Crippen molar-refractivity contribution in [1.82, 2.24) is 19.5 Å². The number of benzene rings is 10. The van der Waals surface area contributed by atoms with Gasteiger partial charge in [-0.15, -0.1) is 22.7 Å². The Morgan fingerprint density at radius 2 is 0.829 bits per heavy atom. The van der Waals surface area contributed by atoms with E-state index in [1.54, 1.807) is 0 Å². The molecular formula is C64H36N4S2. The smallest absolute Gasteiger partial charge is 0.238 e. The standard InChI is InChI=1S/C64H36N4S2/c1-2-14-37(15-3-1)38-26-31-54-47(34-38)45-29-30-53-59(46-20-6-11-23-52(46)64(53)50-21-9-4-16-41(50)42-17-5-10-22-51(42)64)60(45)68(54)63-66-61(39-27-32-57-48(35-39)43-18-7-12-24-55(43)69-57)65-62(67-63)40-28-33-58-49(36-40)44-19-8-13-25-56(44)70-58/h1-36H. The molecule has 0 amide bonds. The van der Waals surface area contributed by atoms with Crippen LogP contribution in [0.3, 0.4) is 0 Å². The number of hydrogen-bond donors (Lipinski definition) is 0. The molecule has 70 heavy (non-hydrogen) atoms. The third-order valence-corrected chi connectivity index (χ3v) is 17.4. The highest BCUT2D eigenvalue weighted by Crippen LogP contribution is 2.64. The lowest BCUT2D eigenvalue weighted by Gasteiger charge is -2.30. The van der Waals surface area contributed by atoms with Crippen molar-refractivity contribution in [1.29, 1.82) is 0 Å². The largest absolute Gasteiger partial charge is 0.277 e. The summed E-state index contributed by atoms with van der Waals surface area (Å²) < 4.78 is 7.37. The lowest BCUT2D eigenvalue weighted by atomic mass is 9.70. The molecule has 16 rings (SSSR count). The Morgan fingerprint density at radius 1 is 0.329 bits per heavy atom. The maximum absolute atomic E-state index is 5.61. The molecule has 0 radical (unpaired) electrons. The fourth-order valence-electron chi connectivity index (χ4n) is 12.2. The molecule has 0 saturated carbocycles. The van der Waals surface area contributed by atoms with Crippen LogP contribution in [-0.2, 0) is 5.41 Å². The number of aromatic nitrogens is 4. The first-order valence-corrected chi connectivity index (χ1v) is 25.4. The molecule has 2 aliphatic rings. The van der Waals surface area contributed by atoms with Crippen LogP contribution in [0.15, 0.2) is 218 Å². The third-order valence-electron chi connectivity index (χ3n) is 15.1. The van der Waals surface area contributed by atoms with E-state index in [0.29, 0.717) is 17.6 Å². The number of hydrogen-bond acceptors (Lipinski definition) is 5. The molecule has 4 heterocycles. The molecule has 6 heteroatoms. The molecule has 0 atom stereocenters. The Kier molecular flexibility index (Phi) is 7.82. The van der Waals surface area contributed by atoms with Gasteiger partial charge in [-0.3, -0.25) is 4.57 Å². The first kappa shape index (κ1) is 38.4. The number of nitrogens with zero attached hydrogens (tertiary/aromatic N) is 4. The molecule has 10 aromatic carbocycles. The lowest BCUT2D eigenvalue weighted by molar-refractivity contribution is 0.794. The quantitative estimate of drug-likeness (QED) is 0.177. The van der Waals surface area contributed by atoms with Crippen molar-refractivity contribution in [2.24, 2.45) is 0 Å². The van der Waals surface area contributed by atoms with Crippen molar-refractivity contribution in [3.63, 3.8) is 0 Å². The van der Waals surface area contributed by atoms with E-state index in [0.717, 1.165) is 38.5 Å². The summed E-state index contributed by atoms with van der Waals surface area (Å²) in [5, 5.41) is 7.18. The van der Waals surface area contributed by atoms with Crippen LogP contribution < -0.4 is 0 Å². The zero-order chi connectivity index (χ0) is 45.7. The molecule has 4 aromatic heterocycles. The third kappa shape index (κ3) is 5.16. The van der Waals surface area contributed by atoms with Crippen molar-refractivity contribution in [3.8, 4) is 62.1 Å². The second kappa shape index (κ2) is 14.2. The molecule has 4 nitrogen and oxygen atoms in total. The van der Waals surface area contributed by atoms with E-state index in [2.05, 4.69) is 223 Å². The highest BCUT2D eigenvalue weighted by atomic mass is 32.1. The SMILES string of the molecule is c1ccc(-c2ccc3c(c2)c2ccc4c(c2n3-c2nc(-c3ccc5sc6ccccc6c5c3)nc(-c3ccc5sc6ccccc6c5c3)n2)-c2ccccc2C42c3ccccc3-c3ccccc32)cc1. The maximum atomic E-state index is 5.61. The predicted octanol–water partition coefficient (Wildman–Crippen LogP) is 17.0. The van der Waals surface area contributed by atoms with Crippen LogP contribution in [0.5, 0.6) is 0 Å². The summed E-state index contributed by atoms with van der Waals surface area (Å²) in [6.07, 6.45) is 0. The molecule has 0 saturated heterocycles. The first-order valence-electron chi connectivity index (χ1n) is 23.8. The van der Waals surface area contributed by atoms with Crippen molar-refractivity contribution in [3.05, 3.63) is 241 Å². The second-order valence-electron chi connectivity index (χ2n) is 18.6. The Hall–Kier alpha value is -8.55. The monoisotopic (exact) mass is 924 g/mol. The van der Waals surface area contributed by atoms with Crippen molar-refractivity contribution in [2.45, 2.75) is 5.41 Å². The summed E-state index contributed by atoms with van der Waals surface area (Å²) in [6.45, 7) is 0. The average Bonchev–Trinajstić information content (AvgIpc) is 4.22. The van der Waals surface area contributed by atoms with Gasteiger partial charge in [0.2, 0.25) is 5.95 Å². The Bertz CT molecular complexity index is 4380. The van der Waals surface area contributed by atoms with E-state index in [1.807, 2.05) is 22.7 Å². The van der Waals surface area contributed by atoms with Crippen LogP contribution in [0.25, 0.3) is 124 Å². The van der Waals surface area contributed by atoms with Crippen molar-refractivity contribution < 1.29 is 0 Å². The van der Waals surface area contributed by atoms with Crippen LogP contribution in [0.4, 0.5) is 0 Å². The molecule has 1 spiro atoms. The van der Waals surface area contributed by atoms with Crippen molar-refractivity contribution >= 4 is 84.8 Å². The second-order valence-corrected chi connectivity index (χ2v) is 20.8. The molecular weight excluding hydrogens is 889 g/mol. The van der Waals surface area contributed by atoms with Gasteiger partial charge in [0.1, 0.15) is 0 Å². The van der Waals surface area contributed by atoms with Gasteiger partial charge >= 0.3 is 0 Å². The van der Waals surface area contributed by atoms with Gasteiger partial charge in [-0.25, -0.2) is 4.98 Å². The Labute approximate surface area is 410 Å². The molecule has 0 aliphatic heterocycles. The van der Waals surface area contributed by atoms with E-state index >= 15 is 0 Å². The van der Waals surface area contributed by atoms with E-state index < -0.39 is 5.41 Å². The van der Waals surface area contributed by atoms with E-state index in [1.165, 1.54) is 90.4 Å². The molecule has 0 fully saturated rings. The minimum atomic E-state index is -0.517. The highest BCUT2D eigenvalue weighted by molar-refractivity contribution is 7.26. The van der Waals surface area contributed by atoms with Gasteiger partial charge in [-0.1, -0.05) is 158 Å². The summed E-state index contributed by atoms with van der Waals surface area (Å²) in [4.78, 5) is 16.7. The highest BCUT2D eigenvalue weighted by Gasteiger charge is 2.52. The van der Waals surface area contributed by atoms with Crippen LogP contribution >= 0.6 is 22.7 Å². The van der Waals surface area contributed by atoms with Gasteiger partial charge in [0.15, 0.2) is 11.6 Å². The maximum Gasteiger partial charge on any atom is 0.238 e. The van der Waals surface area contributed by atoms with E-state index in [-0.39, 0.29) is 0 Å². The minimum absolute atomic E-state index is 0.517. The Morgan fingerprint density at radius 3 is 1.46 bits per heavy atom. The topological polar surface area (TPSA) is 43.6 Å². The number of rotatable bonds is 4. The fourth-order valence-corrected chi connectivity index (χ4v) is 14.3. The minimum Gasteiger partial charge on any atom is -0.277 e. The van der Waals surface area contributed by atoms with Gasteiger partial charge in [0, 0.05) is 67.8 Å². The number of fused-ring (bicyclic) bond motifs is 20. The van der Waals surface area contributed by atoms with Gasteiger partial charge < -0.3 is 0 Å². The summed E-state index contributed by atoms with van der Waals surface area (Å²) in [6, 6.07) is 80.2. The van der Waals surface area contributed by atoms with E-state index in [4.69, 9.17) is 15.0 Å². The lowest BCUT2D eigenvalue weighted by Crippen LogP contribution is -2.25. The Balaban J connectivity index is 1.04. The molecule has 0 unspecified atom stereocenters. The van der Waals surface area contributed by atoms with Crippen LogP contribution in [0.2, 0.25) is 0 Å². The van der Waals surface area contributed by atoms with Gasteiger partial charge in [0.05, 0.1) is 16.4 Å². The average molecular weight is 925 g/mol. The molecule has 0 bridgehead atoms. The predicted molar refractivity (Wildman–Crippen MR) is 293 cm³/mol. The molecule has 2 aliphatic carbocycles. The normalized spacial score (nSPS) is 13.3. The van der Waals surface area contributed by atoms with Crippen LogP contribution in [0.1, 0.15) is 22.3 Å². The number of thiophene rings is 2. The van der Waals surface area contributed by atoms with Gasteiger partial charge in [-0.2, -0.15) is 9.97 Å². The zero-order valence-electron chi connectivity index (χ0n) is 37.4. The van der Waals surface area contributed by atoms with Gasteiger partial charge in [-0.05, 0) is 111 Å². The molecule has 0 N–H and O–H groups in total. The molecule has 14 aromatic rings.